The molecule has 0 heterocycles. The first-order valence-corrected chi connectivity index (χ1v) is 23.6. The van der Waals surface area contributed by atoms with Crippen LogP contribution in [0.4, 0.5) is 0 Å². The molecule has 0 radical (unpaired) electrons. The molecule has 6 N–H and O–H groups in total. The van der Waals surface area contributed by atoms with E-state index in [2.05, 4.69) is 74.6 Å². The Morgan fingerprint density at radius 2 is 1.02 bits per heavy atom. The first-order chi connectivity index (χ1) is 28.0. The lowest BCUT2D eigenvalue weighted by molar-refractivity contribution is -0.220. The first-order valence-electron chi connectivity index (χ1n) is 22.1. The third-order valence-electron chi connectivity index (χ3n) is 9.90. The molecule has 0 bridgehead atoms. The van der Waals surface area contributed by atoms with E-state index in [4.69, 9.17) is 18.5 Å². The molecule has 12 nitrogen and oxygen atoms in total. The molecule has 0 aromatic carbocycles. The van der Waals surface area contributed by atoms with Gasteiger partial charge in [0, 0.05) is 13.0 Å². The van der Waals surface area contributed by atoms with Gasteiger partial charge in [-0.3, -0.25) is 13.8 Å². The molecule has 1 aliphatic carbocycles. The Morgan fingerprint density at radius 1 is 0.569 bits per heavy atom. The van der Waals surface area contributed by atoms with Crippen LogP contribution in [0.25, 0.3) is 0 Å². The number of carbonyl (C=O) groups is 1. The first kappa shape index (κ1) is 54.1. The van der Waals surface area contributed by atoms with E-state index < -0.39 is 63.1 Å². The number of rotatable bonds is 36. The molecular weight excluding hydrogens is 763 g/mol. The largest absolute Gasteiger partial charge is 0.472 e. The predicted octanol–water partition coefficient (Wildman–Crippen LogP) is 8.64. The van der Waals surface area contributed by atoms with Crippen LogP contribution >= 0.6 is 7.82 Å². The lowest BCUT2D eigenvalue weighted by Crippen LogP contribution is -2.64. The summed E-state index contributed by atoms with van der Waals surface area (Å²) in [6.07, 6.45) is 31.6. The summed E-state index contributed by atoms with van der Waals surface area (Å²) < 4.78 is 34.0. The second kappa shape index (κ2) is 35.8. The summed E-state index contributed by atoms with van der Waals surface area (Å²) >= 11 is 0. The summed E-state index contributed by atoms with van der Waals surface area (Å²) in [4.78, 5) is 23.1. The van der Waals surface area contributed by atoms with Crippen LogP contribution in [0.15, 0.2) is 60.8 Å². The fraction of sp³-hybridized carbons (Fsp3) is 0.756. The Bertz CT molecular complexity index is 1190. The van der Waals surface area contributed by atoms with Crippen molar-refractivity contribution in [2.24, 2.45) is 0 Å². The van der Waals surface area contributed by atoms with Gasteiger partial charge >= 0.3 is 13.8 Å². The minimum Gasteiger partial charge on any atom is -0.457 e. The molecule has 0 saturated heterocycles. The van der Waals surface area contributed by atoms with Crippen molar-refractivity contribution >= 4 is 13.8 Å². The fourth-order valence-corrected chi connectivity index (χ4v) is 7.35. The van der Waals surface area contributed by atoms with Gasteiger partial charge in [-0.2, -0.15) is 0 Å². The molecule has 58 heavy (non-hydrogen) atoms. The highest BCUT2D eigenvalue weighted by Gasteiger charge is 2.51. The maximum absolute atomic E-state index is 12.8. The van der Waals surface area contributed by atoms with E-state index in [0.717, 1.165) is 96.3 Å². The van der Waals surface area contributed by atoms with Crippen LogP contribution in [0.2, 0.25) is 0 Å². The molecule has 1 saturated carbocycles. The van der Waals surface area contributed by atoms with Crippen molar-refractivity contribution in [1.29, 1.82) is 0 Å². The van der Waals surface area contributed by atoms with Gasteiger partial charge < -0.3 is 39.9 Å². The van der Waals surface area contributed by atoms with Crippen molar-refractivity contribution in [2.75, 3.05) is 19.8 Å². The van der Waals surface area contributed by atoms with Crippen LogP contribution in [0, 0.1) is 0 Å². The maximum Gasteiger partial charge on any atom is 0.472 e. The number of ether oxygens (including phenoxy) is 2. The van der Waals surface area contributed by atoms with Crippen LogP contribution < -0.4 is 0 Å². The van der Waals surface area contributed by atoms with E-state index in [9.17, 15) is 39.8 Å². The van der Waals surface area contributed by atoms with E-state index in [1.165, 1.54) is 32.1 Å². The van der Waals surface area contributed by atoms with Gasteiger partial charge in [0.05, 0.1) is 13.2 Å². The van der Waals surface area contributed by atoms with Crippen molar-refractivity contribution in [1.82, 2.24) is 0 Å². The van der Waals surface area contributed by atoms with Crippen molar-refractivity contribution in [2.45, 2.75) is 198 Å². The Balaban J connectivity index is 2.34. The average molecular weight is 843 g/mol. The van der Waals surface area contributed by atoms with Crippen molar-refractivity contribution in [3.8, 4) is 0 Å². The summed E-state index contributed by atoms with van der Waals surface area (Å²) in [7, 11) is -5.01. The third-order valence-corrected chi connectivity index (χ3v) is 10.9. The van der Waals surface area contributed by atoms with Gasteiger partial charge in [-0.15, -0.1) is 0 Å². The predicted molar refractivity (Wildman–Crippen MR) is 230 cm³/mol. The van der Waals surface area contributed by atoms with Gasteiger partial charge in [0.25, 0.3) is 0 Å². The van der Waals surface area contributed by atoms with Crippen molar-refractivity contribution in [3.63, 3.8) is 0 Å². The van der Waals surface area contributed by atoms with Gasteiger partial charge in [0.15, 0.2) is 0 Å². The topological polar surface area (TPSA) is 192 Å². The number of hydrogen-bond acceptors (Lipinski definition) is 11. The highest BCUT2D eigenvalue weighted by molar-refractivity contribution is 7.47. The smallest absolute Gasteiger partial charge is 0.457 e. The Hall–Kier alpha value is -1.96. The second-order valence-electron chi connectivity index (χ2n) is 15.2. The number of hydrogen-bond donors (Lipinski definition) is 6. The third kappa shape index (κ3) is 27.7. The minimum atomic E-state index is -5.01. The van der Waals surface area contributed by atoms with E-state index in [1.54, 1.807) is 0 Å². The number of unbranched alkanes of at least 4 members (excludes halogenated alkanes) is 14. The summed E-state index contributed by atoms with van der Waals surface area (Å²) in [6, 6.07) is 0. The molecule has 0 aromatic rings. The monoisotopic (exact) mass is 843 g/mol. The summed E-state index contributed by atoms with van der Waals surface area (Å²) in [5.41, 5.74) is 0. The van der Waals surface area contributed by atoms with Gasteiger partial charge in [-0.25, -0.2) is 4.57 Å². The molecule has 0 amide bonds. The highest BCUT2D eigenvalue weighted by Crippen LogP contribution is 2.47. The highest BCUT2D eigenvalue weighted by atomic mass is 31.2. The Morgan fingerprint density at radius 3 is 1.55 bits per heavy atom. The zero-order valence-electron chi connectivity index (χ0n) is 35.6. The molecule has 1 aliphatic rings. The number of phosphoric ester groups is 1. The SMILES string of the molecule is CC/C=C\C/C=C\C/C=C\C/C=C\C/C=C\CCCCCCCCCC(=O)OC(COCCCCCCCCCC)COP(=O)(O)OC1C(O)C(O)C(O)C(O)C1O. The van der Waals surface area contributed by atoms with Crippen LogP contribution in [0.5, 0.6) is 0 Å². The molecule has 0 aliphatic heterocycles. The summed E-state index contributed by atoms with van der Waals surface area (Å²) in [5.74, 6) is -0.492. The normalized spacial score (nSPS) is 23.2. The molecular formula is C45H79O12P. The lowest BCUT2D eigenvalue weighted by Gasteiger charge is -2.41. The number of esters is 1. The van der Waals surface area contributed by atoms with Gasteiger partial charge in [-0.05, 0) is 57.8 Å². The Kier molecular flexibility index (Phi) is 33.3. The molecule has 13 heteroatoms. The Labute approximate surface area is 349 Å². The zero-order chi connectivity index (χ0) is 42.7. The zero-order valence-corrected chi connectivity index (χ0v) is 36.5. The quantitative estimate of drug-likeness (QED) is 0.0153. The molecule has 1 fully saturated rings. The van der Waals surface area contributed by atoms with Crippen LogP contribution in [-0.2, 0) is 27.9 Å². The average Bonchev–Trinajstić information content (AvgIpc) is 3.21. The molecule has 6 atom stereocenters. The van der Waals surface area contributed by atoms with Gasteiger partial charge in [0.2, 0.25) is 0 Å². The second-order valence-corrected chi connectivity index (χ2v) is 16.6. The number of phosphoric acid groups is 1. The van der Waals surface area contributed by atoms with Gasteiger partial charge in [0.1, 0.15) is 42.7 Å². The van der Waals surface area contributed by atoms with Crippen LogP contribution in [0.3, 0.4) is 0 Å². The van der Waals surface area contributed by atoms with Crippen molar-refractivity contribution < 1.29 is 58.3 Å². The number of allylic oxidation sites excluding steroid dienone is 10. The van der Waals surface area contributed by atoms with E-state index in [-0.39, 0.29) is 13.0 Å². The summed E-state index contributed by atoms with van der Waals surface area (Å²) in [6.45, 7) is 4.08. The summed E-state index contributed by atoms with van der Waals surface area (Å²) in [5, 5.41) is 50.0. The number of carbonyl (C=O) groups excluding carboxylic acids is 1. The number of aliphatic hydroxyl groups excluding tert-OH is 5. The number of aliphatic hydroxyl groups is 5. The fourth-order valence-electron chi connectivity index (χ4n) is 6.38. The minimum absolute atomic E-state index is 0.0832. The standard InChI is InChI=1S/C45H79O12P/c1-3-5-7-9-11-13-14-15-16-17-18-19-20-21-22-23-24-25-26-27-28-30-32-34-39(46)56-38(36-54-35-33-31-29-12-10-8-6-4-2)37-55-58(52,53)57-45-43(50)41(48)40(47)42(49)44(45)51/h5,7,11,13,15-16,18-19,21-22,38,40-45,47-51H,3-4,6,8-10,12,14,17,20,23-37H2,1-2H3,(H,52,53)/b7-5-,13-11-,16-15-,19-18-,22-21-. The van der Waals surface area contributed by atoms with Crippen molar-refractivity contribution in [3.05, 3.63) is 60.8 Å². The molecule has 1 rings (SSSR count). The van der Waals surface area contributed by atoms with E-state index in [1.807, 2.05) is 0 Å². The molecule has 336 valence electrons. The molecule has 0 spiro atoms. The van der Waals surface area contributed by atoms with Crippen LogP contribution in [0.1, 0.15) is 155 Å². The van der Waals surface area contributed by atoms with E-state index >= 15 is 0 Å². The van der Waals surface area contributed by atoms with E-state index in [0.29, 0.717) is 13.0 Å². The maximum atomic E-state index is 12.8. The van der Waals surface area contributed by atoms with Crippen LogP contribution in [-0.4, -0.2) is 98.9 Å². The lowest BCUT2D eigenvalue weighted by atomic mass is 9.85. The molecule has 0 aromatic heterocycles. The molecule has 6 unspecified atom stereocenters. The van der Waals surface area contributed by atoms with Gasteiger partial charge in [-0.1, -0.05) is 152 Å².